The van der Waals surface area contributed by atoms with Gasteiger partial charge in [-0.15, -0.1) is 0 Å². The summed E-state index contributed by atoms with van der Waals surface area (Å²) in [6.45, 7) is 1.12. The molecule has 0 atom stereocenters. The first-order valence-electron chi connectivity index (χ1n) is 3.58. The summed E-state index contributed by atoms with van der Waals surface area (Å²) in [7, 11) is 0. The van der Waals surface area contributed by atoms with Crippen molar-refractivity contribution >= 4 is 29.6 Å². The van der Waals surface area contributed by atoms with Crippen LogP contribution in [-0.2, 0) is 13.2 Å². The zero-order chi connectivity index (χ0) is 9.14. The van der Waals surface area contributed by atoms with Crippen LogP contribution >= 0.6 is 0 Å². The van der Waals surface area contributed by atoms with Crippen LogP contribution in [-0.4, -0.2) is 49.9 Å². The van der Waals surface area contributed by atoms with Crippen LogP contribution in [0.4, 0.5) is 0 Å². The van der Waals surface area contributed by atoms with Crippen LogP contribution in [0, 0.1) is 6.92 Å². The molecule has 1 radical (unpaired) electrons. The third kappa shape index (κ3) is 2.65. The Hall–Kier alpha value is -0.130. The van der Waals surface area contributed by atoms with Gasteiger partial charge in [-0.25, -0.2) is 0 Å². The van der Waals surface area contributed by atoms with Crippen LogP contribution < -0.4 is 0 Å². The zero-order valence-electron chi connectivity index (χ0n) is 7.78. The third-order valence-electron chi connectivity index (χ3n) is 1.76. The Morgan fingerprint density at radius 1 is 1.31 bits per heavy atom. The summed E-state index contributed by atoms with van der Waals surface area (Å²) in [5, 5.41) is 27.0. The van der Waals surface area contributed by atoms with Gasteiger partial charge < -0.3 is 15.3 Å². The van der Waals surface area contributed by atoms with Crippen molar-refractivity contribution in [3.05, 3.63) is 23.0 Å². The average molecular weight is 192 g/mol. The normalized spacial score (nSPS) is 9.46. The number of aromatic hydroxyl groups is 1. The van der Waals surface area contributed by atoms with Crippen LogP contribution in [0.2, 0.25) is 0 Å². The van der Waals surface area contributed by atoms with E-state index < -0.39 is 0 Å². The van der Waals surface area contributed by atoms with Gasteiger partial charge in [0.15, 0.2) is 0 Å². The Labute approximate surface area is 98.5 Å². The molecule has 0 spiro atoms. The summed E-state index contributed by atoms with van der Waals surface area (Å²) in [5.74, 6) is -0.0379. The maximum absolute atomic E-state index is 9.38. The maximum atomic E-state index is 9.38. The molecule has 1 heterocycles. The van der Waals surface area contributed by atoms with Gasteiger partial charge in [-0.1, -0.05) is 0 Å². The predicted molar refractivity (Wildman–Crippen MR) is 48.2 cm³/mol. The van der Waals surface area contributed by atoms with Crippen molar-refractivity contribution in [2.75, 3.05) is 0 Å². The second kappa shape index (κ2) is 5.57. The van der Waals surface area contributed by atoms with Crippen molar-refractivity contribution in [3.63, 3.8) is 0 Å². The molecule has 0 saturated carbocycles. The minimum Gasteiger partial charge on any atom is -0.506 e. The van der Waals surface area contributed by atoms with E-state index in [4.69, 9.17) is 10.2 Å². The average Bonchev–Trinajstić information content (AvgIpc) is 2.09. The molecule has 0 aromatic carbocycles. The molecule has 3 N–H and O–H groups in total. The summed E-state index contributed by atoms with van der Waals surface area (Å²) in [6, 6.07) is 0. The van der Waals surface area contributed by atoms with Crippen LogP contribution in [0.3, 0.4) is 0 Å². The Bertz CT molecular complexity index is 291. The van der Waals surface area contributed by atoms with Gasteiger partial charge >= 0.3 is 0 Å². The molecular weight excluding hydrogens is 181 g/mol. The molecule has 0 amide bonds. The maximum Gasteiger partial charge on any atom is 0.142 e. The molecule has 5 heteroatoms. The van der Waals surface area contributed by atoms with Gasteiger partial charge in [-0.05, 0) is 6.92 Å². The second-order valence-corrected chi connectivity index (χ2v) is 2.51. The fourth-order valence-corrected chi connectivity index (χ4v) is 0.997. The van der Waals surface area contributed by atoms with E-state index in [1.54, 1.807) is 6.92 Å². The number of aliphatic hydroxyl groups is 2. The number of hydrogen-bond acceptors (Lipinski definition) is 4. The standard InChI is InChI=1S/C8H11NO3.Na/c1-5-8(12)7(4-11)6(3-10)2-9-5;/h2,10-12H,3-4H2,1H3;. The molecule has 0 bridgehead atoms. The van der Waals surface area contributed by atoms with Crippen molar-refractivity contribution in [2.45, 2.75) is 20.1 Å². The van der Waals surface area contributed by atoms with E-state index in [-0.39, 0.29) is 48.5 Å². The molecule has 0 unspecified atom stereocenters. The van der Waals surface area contributed by atoms with Gasteiger partial charge in [0.1, 0.15) is 5.75 Å². The van der Waals surface area contributed by atoms with Gasteiger partial charge in [-0.2, -0.15) is 0 Å². The van der Waals surface area contributed by atoms with Crippen LogP contribution in [0.1, 0.15) is 16.8 Å². The number of aliphatic hydroxyl groups excluding tert-OH is 2. The van der Waals surface area contributed by atoms with E-state index in [2.05, 4.69) is 4.98 Å². The molecule has 13 heavy (non-hydrogen) atoms. The third-order valence-corrected chi connectivity index (χ3v) is 1.76. The topological polar surface area (TPSA) is 73.6 Å². The summed E-state index contributed by atoms with van der Waals surface area (Å²) in [6.07, 6.45) is 1.45. The minimum absolute atomic E-state index is 0. The molecule has 1 rings (SSSR count). The van der Waals surface area contributed by atoms with Crippen molar-refractivity contribution in [2.24, 2.45) is 0 Å². The molecule has 0 aliphatic carbocycles. The first-order valence-corrected chi connectivity index (χ1v) is 3.58. The van der Waals surface area contributed by atoms with Crippen molar-refractivity contribution < 1.29 is 15.3 Å². The minimum atomic E-state index is -0.287. The fraction of sp³-hybridized carbons (Fsp3) is 0.375. The van der Waals surface area contributed by atoms with E-state index in [1.807, 2.05) is 0 Å². The van der Waals surface area contributed by atoms with E-state index >= 15 is 0 Å². The number of hydrogen-bond donors (Lipinski definition) is 3. The van der Waals surface area contributed by atoms with Crippen molar-refractivity contribution in [1.29, 1.82) is 0 Å². The Morgan fingerprint density at radius 3 is 2.38 bits per heavy atom. The van der Waals surface area contributed by atoms with E-state index in [9.17, 15) is 5.11 Å². The Kier molecular flexibility index (Phi) is 5.51. The van der Waals surface area contributed by atoms with Gasteiger partial charge in [0, 0.05) is 46.9 Å². The quantitative estimate of drug-likeness (QED) is 0.562. The molecule has 1 aromatic rings. The molecule has 0 aliphatic rings. The van der Waals surface area contributed by atoms with Crippen LogP contribution in [0.15, 0.2) is 6.20 Å². The van der Waals surface area contributed by atoms with Crippen molar-refractivity contribution in [1.82, 2.24) is 4.98 Å². The second-order valence-electron chi connectivity index (χ2n) is 2.51. The Morgan fingerprint density at radius 2 is 1.92 bits per heavy atom. The molecule has 4 nitrogen and oxygen atoms in total. The van der Waals surface area contributed by atoms with E-state index in [1.165, 1.54) is 6.20 Å². The molecule has 0 aliphatic heterocycles. The van der Waals surface area contributed by atoms with Gasteiger partial charge in [0.05, 0.1) is 18.9 Å². The predicted octanol–water partition coefficient (Wildman–Crippen LogP) is -0.301. The van der Waals surface area contributed by atoms with Gasteiger partial charge in [0.25, 0.3) is 0 Å². The Balaban J connectivity index is 0.00000144. The van der Waals surface area contributed by atoms with Gasteiger partial charge in [-0.3, -0.25) is 4.98 Å². The number of aryl methyl sites for hydroxylation is 1. The van der Waals surface area contributed by atoms with Crippen LogP contribution in [0.25, 0.3) is 0 Å². The largest absolute Gasteiger partial charge is 0.506 e. The molecule has 0 fully saturated rings. The SMILES string of the molecule is Cc1ncc(CO)c(CO)c1O.[Na]. The molecule has 67 valence electrons. The fourth-order valence-electron chi connectivity index (χ4n) is 0.997. The van der Waals surface area contributed by atoms with E-state index in [0.29, 0.717) is 16.8 Å². The number of aromatic nitrogens is 1. The summed E-state index contributed by atoms with van der Waals surface area (Å²) in [4.78, 5) is 3.84. The monoisotopic (exact) mass is 192 g/mol. The zero-order valence-corrected chi connectivity index (χ0v) is 9.78. The smallest absolute Gasteiger partial charge is 0.142 e. The summed E-state index contributed by atoms with van der Waals surface area (Å²) in [5.41, 5.74) is 1.27. The molecule has 0 saturated heterocycles. The first kappa shape index (κ1) is 12.9. The number of rotatable bonds is 2. The van der Waals surface area contributed by atoms with Crippen molar-refractivity contribution in [3.8, 4) is 5.75 Å². The summed E-state index contributed by atoms with van der Waals surface area (Å²) >= 11 is 0. The van der Waals surface area contributed by atoms with Gasteiger partial charge in [0.2, 0.25) is 0 Å². The number of nitrogens with zero attached hydrogens (tertiary/aromatic N) is 1. The molecule has 1 aromatic heterocycles. The van der Waals surface area contributed by atoms with E-state index in [0.717, 1.165) is 0 Å². The number of pyridine rings is 1. The first-order chi connectivity index (χ1) is 5.70. The molecular formula is C8H11NNaO3. The van der Waals surface area contributed by atoms with Crippen LogP contribution in [0.5, 0.6) is 5.75 Å². The summed E-state index contributed by atoms with van der Waals surface area (Å²) < 4.78 is 0.